The molecule has 2 aromatic rings. The zero-order valence-electron chi connectivity index (χ0n) is 10.3. The maximum Gasteiger partial charge on any atom is 0.151 e. The van der Waals surface area contributed by atoms with E-state index in [0.717, 1.165) is 30.6 Å². The third kappa shape index (κ3) is 2.79. The van der Waals surface area contributed by atoms with Gasteiger partial charge in [-0.1, -0.05) is 24.6 Å². The van der Waals surface area contributed by atoms with Crippen LogP contribution in [0.15, 0.2) is 30.6 Å². The van der Waals surface area contributed by atoms with Crippen LogP contribution in [0, 0.1) is 0 Å². The lowest BCUT2D eigenvalue weighted by atomic mass is 10.1. The number of imidazole rings is 1. The molecule has 0 saturated carbocycles. The standard InChI is InChI=1S/C14H15ClN2O/c1-2-6-17-7-5-16-14(17)9-11-3-4-13(15)12(8-11)10-18/h3-5,7-8,10H,2,6,9H2,1H3. The summed E-state index contributed by atoms with van der Waals surface area (Å²) in [4.78, 5) is 15.2. The van der Waals surface area contributed by atoms with Gasteiger partial charge in [-0.3, -0.25) is 4.79 Å². The molecule has 0 amide bonds. The van der Waals surface area contributed by atoms with E-state index >= 15 is 0 Å². The van der Waals surface area contributed by atoms with E-state index in [-0.39, 0.29) is 0 Å². The highest BCUT2D eigenvalue weighted by Crippen LogP contribution is 2.17. The number of nitrogens with zero attached hydrogens (tertiary/aromatic N) is 2. The Hall–Kier alpha value is -1.61. The number of carbonyl (C=O) groups is 1. The summed E-state index contributed by atoms with van der Waals surface area (Å²) < 4.78 is 2.13. The van der Waals surface area contributed by atoms with Gasteiger partial charge < -0.3 is 4.57 Å². The molecule has 0 bridgehead atoms. The zero-order chi connectivity index (χ0) is 13.0. The van der Waals surface area contributed by atoms with E-state index in [4.69, 9.17) is 11.6 Å². The average Bonchev–Trinajstić information content (AvgIpc) is 2.80. The van der Waals surface area contributed by atoms with Crippen molar-refractivity contribution >= 4 is 17.9 Å². The number of rotatable bonds is 5. The van der Waals surface area contributed by atoms with Crippen LogP contribution in [0.4, 0.5) is 0 Å². The Kier molecular flexibility index (Phi) is 4.15. The number of aldehydes is 1. The summed E-state index contributed by atoms with van der Waals surface area (Å²) in [5.41, 5.74) is 1.58. The lowest BCUT2D eigenvalue weighted by molar-refractivity contribution is 0.112. The predicted octanol–water partition coefficient (Wildman–Crippen LogP) is 3.35. The molecule has 0 aliphatic rings. The first-order chi connectivity index (χ1) is 8.74. The summed E-state index contributed by atoms with van der Waals surface area (Å²) in [5.74, 6) is 1.01. The van der Waals surface area contributed by atoms with Crippen LogP contribution in [0.3, 0.4) is 0 Å². The molecule has 4 heteroatoms. The summed E-state index contributed by atoms with van der Waals surface area (Å²) in [6, 6.07) is 5.51. The second kappa shape index (κ2) is 5.83. The molecular weight excluding hydrogens is 248 g/mol. The van der Waals surface area contributed by atoms with E-state index < -0.39 is 0 Å². The van der Waals surface area contributed by atoms with Gasteiger partial charge >= 0.3 is 0 Å². The lowest BCUT2D eigenvalue weighted by Crippen LogP contribution is -2.03. The topological polar surface area (TPSA) is 34.9 Å². The van der Waals surface area contributed by atoms with Crippen molar-refractivity contribution < 1.29 is 4.79 Å². The minimum atomic E-state index is 0.491. The second-order valence-electron chi connectivity index (χ2n) is 4.19. The molecule has 0 atom stereocenters. The van der Waals surface area contributed by atoms with Gasteiger partial charge in [0, 0.05) is 30.9 Å². The number of halogens is 1. The predicted molar refractivity (Wildman–Crippen MR) is 72.2 cm³/mol. The van der Waals surface area contributed by atoms with E-state index in [9.17, 15) is 4.79 Å². The Morgan fingerprint density at radius 1 is 1.44 bits per heavy atom. The fraction of sp³-hybridized carbons (Fsp3) is 0.286. The van der Waals surface area contributed by atoms with E-state index in [1.165, 1.54) is 0 Å². The van der Waals surface area contributed by atoms with Crippen LogP contribution >= 0.6 is 11.6 Å². The van der Waals surface area contributed by atoms with Gasteiger partial charge in [-0.15, -0.1) is 0 Å². The normalized spacial score (nSPS) is 10.6. The Balaban J connectivity index is 2.23. The third-order valence-electron chi connectivity index (χ3n) is 2.82. The first-order valence-corrected chi connectivity index (χ1v) is 6.36. The van der Waals surface area contributed by atoms with E-state index in [0.29, 0.717) is 17.0 Å². The van der Waals surface area contributed by atoms with Crippen molar-refractivity contribution in [2.75, 3.05) is 0 Å². The minimum Gasteiger partial charge on any atom is -0.335 e. The fourth-order valence-electron chi connectivity index (χ4n) is 1.93. The molecule has 1 aromatic carbocycles. The van der Waals surface area contributed by atoms with Crippen molar-refractivity contribution in [3.63, 3.8) is 0 Å². The molecule has 0 saturated heterocycles. The number of benzene rings is 1. The van der Waals surface area contributed by atoms with Crippen molar-refractivity contribution in [1.82, 2.24) is 9.55 Å². The average molecular weight is 263 g/mol. The molecule has 0 unspecified atom stereocenters. The maximum atomic E-state index is 10.8. The molecule has 3 nitrogen and oxygen atoms in total. The van der Waals surface area contributed by atoms with Crippen LogP contribution in [0.1, 0.15) is 35.1 Å². The van der Waals surface area contributed by atoms with Gasteiger partial charge in [0.1, 0.15) is 5.82 Å². The molecule has 1 heterocycles. The van der Waals surface area contributed by atoms with Gasteiger partial charge in [-0.25, -0.2) is 4.98 Å². The number of aromatic nitrogens is 2. The van der Waals surface area contributed by atoms with Crippen molar-refractivity contribution in [2.24, 2.45) is 0 Å². The first kappa shape index (κ1) is 12.8. The number of aryl methyl sites for hydroxylation is 1. The SMILES string of the molecule is CCCn1ccnc1Cc1ccc(Cl)c(C=O)c1. The minimum absolute atomic E-state index is 0.491. The maximum absolute atomic E-state index is 10.8. The Morgan fingerprint density at radius 2 is 2.28 bits per heavy atom. The number of carbonyl (C=O) groups excluding carboxylic acids is 1. The molecular formula is C14H15ClN2O. The molecule has 0 N–H and O–H groups in total. The van der Waals surface area contributed by atoms with Crippen LogP contribution in [0.5, 0.6) is 0 Å². The van der Waals surface area contributed by atoms with Gasteiger partial charge in [-0.05, 0) is 24.1 Å². The molecule has 94 valence electrons. The van der Waals surface area contributed by atoms with Crippen LogP contribution in [0.25, 0.3) is 0 Å². The molecule has 0 aliphatic carbocycles. The fourth-order valence-corrected chi connectivity index (χ4v) is 2.09. The monoisotopic (exact) mass is 262 g/mol. The highest BCUT2D eigenvalue weighted by molar-refractivity contribution is 6.32. The van der Waals surface area contributed by atoms with Gasteiger partial charge in [0.05, 0.1) is 5.02 Å². The molecule has 0 radical (unpaired) electrons. The summed E-state index contributed by atoms with van der Waals surface area (Å²) in [7, 11) is 0. The molecule has 18 heavy (non-hydrogen) atoms. The Bertz CT molecular complexity index is 548. The van der Waals surface area contributed by atoms with Gasteiger partial charge in [0.15, 0.2) is 6.29 Å². The van der Waals surface area contributed by atoms with Gasteiger partial charge in [0.25, 0.3) is 0 Å². The molecule has 2 rings (SSSR count). The van der Waals surface area contributed by atoms with Gasteiger partial charge in [0.2, 0.25) is 0 Å². The van der Waals surface area contributed by atoms with Crippen LogP contribution in [0.2, 0.25) is 5.02 Å². The summed E-state index contributed by atoms with van der Waals surface area (Å²) in [6.45, 7) is 3.10. The van der Waals surface area contributed by atoms with Crippen molar-refractivity contribution in [2.45, 2.75) is 26.3 Å². The highest BCUT2D eigenvalue weighted by atomic mass is 35.5. The van der Waals surface area contributed by atoms with Crippen LogP contribution in [-0.2, 0) is 13.0 Å². The molecule has 0 aliphatic heterocycles. The van der Waals surface area contributed by atoms with E-state index in [2.05, 4.69) is 16.5 Å². The largest absolute Gasteiger partial charge is 0.335 e. The van der Waals surface area contributed by atoms with E-state index in [1.807, 2.05) is 24.5 Å². The number of hydrogen-bond acceptors (Lipinski definition) is 2. The second-order valence-corrected chi connectivity index (χ2v) is 4.59. The quantitative estimate of drug-likeness (QED) is 0.775. The van der Waals surface area contributed by atoms with E-state index in [1.54, 1.807) is 6.07 Å². The zero-order valence-corrected chi connectivity index (χ0v) is 11.0. The van der Waals surface area contributed by atoms with Crippen molar-refractivity contribution in [1.29, 1.82) is 0 Å². The first-order valence-electron chi connectivity index (χ1n) is 5.98. The lowest BCUT2D eigenvalue weighted by Gasteiger charge is -2.07. The molecule has 1 aromatic heterocycles. The smallest absolute Gasteiger partial charge is 0.151 e. The van der Waals surface area contributed by atoms with Crippen LogP contribution < -0.4 is 0 Å². The summed E-state index contributed by atoms with van der Waals surface area (Å²) in [6.07, 6.45) is 6.36. The Morgan fingerprint density at radius 3 is 3.00 bits per heavy atom. The summed E-state index contributed by atoms with van der Waals surface area (Å²) in [5, 5.41) is 0.491. The third-order valence-corrected chi connectivity index (χ3v) is 3.16. The highest BCUT2D eigenvalue weighted by Gasteiger charge is 2.06. The van der Waals surface area contributed by atoms with Gasteiger partial charge in [-0.2, -0.15) is 0 Å². The Labute approximate surface area is 111 Å². The van der Waals surface area contributed by atoms with Crippen LogP contribution in [-0.4, -0.2) is 15.8 Å². The molecule has 0 fully saturated rings. The molecule has 0 spiro atoms. The number of hydrogen-bond donors (Lipinski definition) is 0. The van der Waals surface area contributed by atoms with Crippen molar-refractivity contribution in [3.05, 3.63) is 52.6 Å². The summed E-state index contributed by atoms with van der Waals surface area (Å²) >= 11 is 5.91. The van der Waals surface area contributed by atoms with Crippen molar-refractivity contribution in [3.8, 4) is 0 Å².